The maximum Gasteiger partial charge on any atom is 0.128 e. The summed E-state index contributed by atoms with van der Waals surface area (Å²) in [5.41, 5.74) is 3.84. The molecule has 160 valence electrons. The van der Waals surface area contributed by atoms with Crippen LogP contribution in [0.2, 0.25) is 0 Å². The Balaban J connectivity index is 1.24. The number of rotatable bonds is 4. The molecule has 30 heavy (non-hydrogen) atoms. The average Bonchev–Trinajstić information content (AvgIpc) is 2.81. The summed E-state index contributed by atoms with van der Waals surface area (Å²) in [5, 5.41) is 0. The van der Waals surface area contributed by atoms with E-state index in [9.17, 15) is 0 Å². The molecule has 1 aromatic carbocycles. The smallest absolute Gasteiger partial charge is 0.128 e. The molecule has 0 amide bonds. The summed E-state index contributed by atoms with van der Waals surface area (Å²) in [6.45, 7) is 7.33. The fraction of sp³-hybridized carbons (Fsp3) is 0.542. The molecule has 6 heteroatoms. The molecule has 0 radical (unpaired) electrons. The molecular weight excluding hydrogens is 378 g/mol. The van der Waals surface area contributed by atoms with Gasteiger partial charge in [0.1, 0.15) is 11.6 Å². The van der Waals surface area contributed by atoms with E-state index in [0.29, 0.717) is 0 Å². The number of fused-ring (bicyclic) bond motifs is 2. The Kier molecular flexibility index (Phi) is 5.63. The van der Waals surface area contributed by atoms with Gasteiger partial charge >= 0.3 is 0 Å². The molecule has 2 saturated heterocycles. The predicted octanol–water partition coefficient (Wildman–Crippen LogP) is 2.99. The number of hydrogen-bond acceptors (Lipinski definition) is 6. The van der Waals surface area contributed by atoms with Gasteiger partial charge in [0, 0.05) is 38.9 Å². The molecule has 2 fully saturated rings. The van der Waals surface area contributed by atoms with E-state index in [-0.39, 0.29) is 5.60 Å². The van der Waals surface area contributed by atoms with Crippen LogP contribution in [0.25, 0.3) is 0 Å². The number of methoxy groups -OCH3 is 1. The highest BCUT2D eigenvalue weighted by Crippen LogP contribution is 2.43. The number of morpholine rings is 1. The minimum atomic E-state index is -0.160. The highest BCUT2D eigenvalue weighted by Gasteiger charge is 2.41. The number of ether oxygens (including phenoxy) is 3. The quantitative estimate of drug-likeness (QED) is 0.774. The lowest BCUT2D eigenvalue weighted by molar-refractivity contribution is -0.0767. The van der Waals surface area contributed by atoms with Crippen molar-refractivity contribution in [3.63, 3.8) is 0 Å². The molecule has 0 bridgehead atoms. The molecule has 5 rings (SSSR count). The van der Waals surface area contributed by atoms with Crippen molar-refractivity contribution in [2.75, 3.05) is 58.0 Å². The highest BCUT2D eigenvalue weighted by molar-refractivity contribution is 5.44. The second kappa shape index (κ2) is 8.53. The summed E-state index contributed by atoms with van der Waals surface area (Å²) in [5.74, 6) is 2.01. The number of nitrogens with zero attached hydrogens (tertiary/aromatic N) is 3. The maximum atomic E-state index is 6.39. The Morgan fingerprint density at radius 1 is 1.03 bits per heavy atom. The molecule has 0 N–H and O–H groups in total. The van der Waals surface area contributed by atoms with Crippen LogP contribution in [0.1, 0.15) is 29.5 Å². The molecule has 0 atom stereocenters. The molecule has 1 aromatic heterocycles. The molecule has 2 aromatic rings. The Hall–Kier alpha value is -2.15. The fourth-order valence-electron chi connectivity index (χ4n) is 5.01. The van der Waals surface area contributed by atoms with Crippen molar-refractivity contribution in [1.29, 1.82) is 0 Å². The second-order valence-corrected chi connectivity index (χ2v) is 8.52. The molecule has 1 spiro atoms. The van der Waals surface area contributed by atoms with E-state index in [2.05, 4.69) is 40.1 Å². The summed E-state index contributed by atoms with van der Waals surface area (Å²) in [6, 6.07) is 10.9. The zero-order chi connectivity index (χ0) is 20.4. The van der Waals surface area contributed by atoms with Gasteiger partial charge in [0.05, 0.1) is 32.5 Å². The lowest BCUT2D eigenvalue weighted by atomic mass is 9.79. The van der Waals surface area contributed by atoms with Gasteiger partial charge < -0.3 is 19.1 Å². The summed E-state index contributed by atoms with van der Waals surface area (Å²) in [6.07, 6.45) is 4.98. The van der Waals surface area contributed by atoms with E-state index in [1.807, 2.05) is 6.20 Å². The van der Waals surface area contributed by atoms with Gasteiger partial charge in [-0.05, 0) is 54.2 Å². The van der Waals surface area contributed by atoms with Gasteiger partial charge in [0.15, 0.2) is 0 Å². The van der Waals surface area contributed by atoms with Crippen molar-refractivity contribution >= 4 is 5.82 Å². The first kappa shape index (κ1) is 19.8. The number of anilines is 1. The summed E-state index contributed by atoms with van der Waals surface area (Å²) in [7, 11) is 1.73. The fourth-order valence-corrected chi connectivity index (χ4v) is 5.01. The molecule has 0 saturated carbocycles. The van der Waals surface area contributed by atoms with Crippen LogP contribution in [-0.2, 0) is 28.0 Å². The van der Waals surface area contributed by atoms with E-state index in [1.165, 1.54) is 16.7 Å². The van der Waals surface area contributed by atoms with Crippen LogP contribution in [-0.4, -0.2) is 63.0 Å². The largest absolute Gasteiger partial charge is 0.497 e. The van der Waals surface area contributed by atoms with Crippen LogP contribution < -0.4 is 9.64 Å². The van der Waals surface area contributed by atoms with Gasteiger partial charge in [-0.1, -0.05) is 12.1 Å². The molecule has 3 aliphatic rings. The van der Waals surface area contributed by atoms with Gasteiger partial charge in [-0.15, -0.1) is 0 Å². The third kappa shape index (κ3) is 3.92. The number of benzene rings is 1. The molecule has 3 aliphatic heterocycles. The van der Waals surface area contributed by atoms with Crippen molar-refractivity contribution in [3.8, 4) is 5.75 Å². The van der Waals surface area contributed by atoms with Gasteiger partial charge in [-0.3, -0.25) is 4.90 Å². The van der Waals surface area contributed by atoms with Crippen molar-refractivity contribution < 1.29 is 14.2 Å². The van der Waals surface area contributed by atoms with Crippen LogP contribution >= 0.6 is 0 Å². The van der Waals surface area contributed by atoms with Crippen molar-refractivity contribution in [2.24, 2.45) is 0 Å². The van der Waals surface area contributed by atoms with Crippen LogP contribution in [0.5, 0.6) is 5.75 Å². The van der Waals surface area contributed by atoms with Gasteiger partial charge in [0.2, 0.25) is 0 Å². The zero-order valence-corrected chi connectivity index (χ0v) is 17.8. The molecular formula is C24H31N3O3. The normalized spacial score (nSPS) is 21.4. The third-order valence-electron chi connectivity index (χ3n) is 6.77. The van der Waals surface area contributed by atoms with Crippen LogP contribution in [0.3, 0.4) is 0 Å². The Morgan fingerprint density at radius 3 is 2.60 bits per heavy atom. The van der Waals surface area contributed by atoms with E-state index in [0.717, 1.165) is 83.4 Å². The Bertz CT molecular complexity index is 856. The van der Waals surface area contributed by atoms with Crippen LogP contribution in [0.4, 0.5) is 5.82 Å². The molecule has 6 nitrogen and oxygen atoms in total. The number of aromatic nitrogens is 1. The Morgan fingerprint density at radius 2 is 1.87 bits per heavy atom. The van der Waals surface area contributed by atoms with E-state index in [1.54, 1.807) is 7.11 Å². The molecule has 0 unspecified atom stereocenters. The number of pyridine rings is 1. The first-order valence-electron chi connectivity index (χ1n) is 11.1. The van der Waals surface area contributed by atoms with Crippen molar-refractivity contribution in [1.82, 2.24) is 9.88 Å². The van der Waals surface area contributed by atoms with Gasteiger partial charge in [-0.25, -0.2) is 4.98 Å². The molecule has 0 aliphatic carbocycles. The minimum Gasteiger partial charge on any atom is -0.497 e. The topological polar surface area (TPSA) is 47.1 Å². The molecule has 4 heterocycles. The number of piperidine rings is 1. The first-order chi connectivity index (χ1) is 14.8. The SMILES string of the molecule is COc1ccc2c(c1)CCOC21CCN(c2ccc(CN3CCOCC3)cn2)CC1. The van der Waals surface area contributed by atoms with Crippen molar-refractivity contribution in [2.45, 2.75) is 31.4 Å². The lowest BCUT2D eigenvalue weighted by Crippen LogP contribution is -2.46. The zero-order valence-electron chi connectivity index (χ0n) is 17.8. The average molecular weight is 410 g/mol. The second-order valence-electron chi connectivity index (χ2n) is 8.52. The summed E-state index contributed by atoms with van der Waals surface area (Å²) < 4.78 is 17.2. The van der Waals surface area contributed by atoms with Crippen LogP contribution in [0.15, 0.2) is 36.5 Å². The van der Waals surface area contributed by atoms with E-state index in [4.69, 9.17) is 19.2 Å². The maximum absolute atomic E-state index is 6.39. The Labute approximate surface area is 178 Å². The van der Waals surface area contributed by atoms with Crippen molar-refractivity contribution in [3.05, 3.63) is 53.2 Å². The number of hydrogen-bond donors (Lipinski definition) is 0. The lowest BCUT2D eigenvalue weighted by Gasteiger charge is -2.45. The summed E-state index contributed by atoms with van der Waals surface area (Å²) in [4.78, 5) is 9.60. The third-order valence-corrected chi connectivity index (χ3v) is 6.77. The highest BCUT2D eigenvalue weighted by atomic mass is 16.5. The standard InChI is InChI=1S/C24H31N3O3/c1-28-21-3-4-22-20(16-21)6-13-30-24(22)7-9-27(10-8-24)23-5-2-19(17-25-23)18-26-11-14-29-15-12-26/h2-5,16-17H,6-15,18H2,1H3. The van der Waals surface area contributed by atoms with Crippen LogP contribution in [0, 0.1) is 0 Å². The summed E-state index contributed by atoms with van der Waals surface area (Å²) >= 11 is 0. The minimum absolute atomic E-state index is 0.160. The predicted molar refractivity (Wildman–Crippen MR) is 116 cm³/mol. The first-order valence-corrected chi connectivity index (χ1v) is 11.1. The van der Waals surface area contributed by atoms with E-state index < -0.39 is 0 Å². The van der Waals surface area contributed by atoms with Gasteiger partial charge in [-0.2, -0.15) is 0 Å². The monoisotopic (exact) mass is 409 g/mol. The van der Waals surface area contributed by atoms with Gasteiger partial charge in [0.25, 0.3) is 0 Å². The van der Waals surface area contributed by atoms with E-state index >= 15 is 0 Å².